The van der Waals surface area contributed by atoms with E-state index in [1.807, 2.05) is 0 Å². The number of aromatic nitrogens is 1. The van der Waals surface area contributed by atoms with Crippen molar-refractivity contribution < 1.29 is 21.5 Å². The Kier molecular flexibility index (Phi) is 3.16. The van der Waals surface area contributed by atoms with Gasteiger partial charge in [0.1, 0.15) is 5.69 Å². The zero-order valence-corrected chi connectivity index (χ0v) is 15.4. The van der Waals surface area contributed by atoms with E-state index in [0.29, 0.717) is 5.41 Å². The summed E-state index contributed by atoms with van der Waals surface area (Å²) in [6.07, 6.45) is 13.4. The number of hydrogen-bond acceptors (Lipinski definition) is 1. The molecular formula is C21H23BrN2. The van der Waals surface area contributed by atoms with Crippen molar-refractivity contribution in [2.75, 3.05) is 5.32 Å². The van der Waals surface area contributed by atoms with E-state index in [1.54, 1.807) is 0 Å². The summed E-state index contributed by atoms with van der Waals surface area (Å²) in [6, 6.07) is 11.0. The summed E-state index contributed by atoms with van der Waals surface area (Å²) in [5.74, 6) is 2.96. The van der Waals surface area contributed by atoms with E-state index in [1.165, 1.54) is 60.8 Å². The van der Waals surface area contributed by atoms with Crippen molar-refractivity contribution in [1.82, 2.24) is 0 Å². The number of rotatable bonds is 1. The summed E-state index contributed by atoms with van der Waals surface area (Å²) in [7, 11) is 0. The van der Waals surface area contributed by atoms with E-state index in [0.717, 1.165) is 17.8 Å². The fourth-order valence-corrected chi connectivity index (χ4v) is 6.53. The number of allylic oxidation sites excluding steroid dienone is 1. The number of nitrogens with zero attached hydrogens (tertiary/aromatic N) is 1. The fraction of sp³-hybridized carbons (Fsp3) is 0.476. The Morgan fingerprint density at radius 3 is 2.29 bits per heavy atom. The van der Waals surface area contributed by atoms with Crippen LogP contribution in [0.2, 0.25) is 0 Å². The van der Waals surface area contributed by atoms with E-state index in [9.17, 15) is 0 Å². The van der Waals surface area contributed by atoms with Crippen LogP contribution in [0.3, 0.4) is 0 Å². The first-order chi connectivity index (χ1) is 11.3. The minimum absolute atomic E-state index is 0. The predicted octanol–water partition coefficient (Wildman–Crippen LogP) is 1.57. The van der Waals surface area contributed by atoms with Crippen molar-refractivity contribution in [3.05, 3.63) is 42.2 Å². The molecule has 0 unspecified atom stereocenters. The van der Waals surface area contributed by atoms with Gasteiger partial charge in [-0.2, -0.15) is 4.57 Å². The van der Waals surface area contributed by atoms with Crippen LogP contribution in [-0.4, -0.2) is 0 Å². The Bertz CT molecular complexity index is 814. The molecule has 124 valence electrons. The molecule has 1 aromatic heterocycles. The summed E-state index contributed by atoms with van der Waals surface area (Å²) >= 11 is 0. The number of para-hydroxylation sites is 1. The van der Waals surface area contributed by atoms with Gasteiger partial charge in [-0.05, 0) is 74.5 Å². The zero-order chi connectivity index (χ0) is 15.0. The van der Waals surface area contributed by atoms with Crippen molar-refractivity contribution in [2.45, 2.75) is 38.5 Å². The second-order valence-electron chi connectivity index (χ2n) is 8.52. The average molecular weight is 383 g/mol. The first-order valence-corrected chi connectivity index (χ1v) is 9.21. The highest BCUT2D eigenvalue weighted by atomic mass is 79.9. The van der Waals surface area contributed by atoms with Gasteiger partial charge in [0.15, 0.2) is 12.4 Å². The summed E-state index contributed by atoms with van der Waals surface area (Å²) < 4.78 is 2.36. The molecule has 3 heteroatoms. The summed E-state index contributed by atoms with van der Waals surface area (Å²) in [4.78, 5) is 0. The van der Waals surface area contributed by atoms with Gasteiger partial charge in [0.25, 0.3) is 0 Å². The lowest BCUT2D eigenvalue weighted by molar-refractivity contribution is -0.540. The van der Waals surface area contributed by atoms with E-state index in [2.05, 4.69) is 52.6 Å². The lowest BCUT2D eigenvalue weighted by atomic mass is 9.48. The van der Waals surface area contributed by atoms with Gasteiger partial charge in [0.2, 0.25) is 5.52 Å². The molecular weight excluding hydrogens is 360 g/mol. The highest BCUT2D eigenvalue weighted by molar-refractivity contribution is 5.90. The summed E-state index contributed by atoms with van der Waals surface area (Å²) in [5.41, 5.74) is 4.53. The normalized spacial score (nSPS) is 35.3. The molecule has 4 aliphatic carbocycles. The molecule has 0 amide bonds. The maximum atomic E-state index is 3.86. The van der Waals surface area contributed by atoms with E-state index in [4.69, 9.17) is 0 Å². The third-order valence-electron chi connectivity index (χ3n) is 6.99. The van der Waals surface area contributed by atoms with E-state index >= 15 is 0 Å². The van der Waals surface area contributed by atoms with Crippen LogP contribution in [0.4, 0.5) is 5.69 Å². The summed E-state index contributed by atoms with van der Waals surface area (Å²) in [6.45, 7) is 0. The molecule has 0 atom stereocenters. The SMILES string of the molecule is C1=C(C23CC4CC(CC(C4)C2)C3)Nc2cccc3ccc[n+]1c23.[Br-]. The molecule has 24 heavy (non-hydrogen) atoms. The van der Waals surface area contributed by atoms with Gasteiger partial charge in [0, 0.05) is 16.9 Å². The number of anilines is 1. The van der Waals surface area contributed by atoms with Crippen molar-refractivity contribution >= 4 is 22.8 Å². The summed E-state index contributed by atoms with van der Waals surface area (Å²) in [5, 5.41) is 5.18. The van der Waals surface area contributed by atoms with Gasteiger partial charge in [-0.25, -0.2) is 0 Å². The van der Waals surface area contributed by atoms with Gasteiger partial charge in [-0.15, -0.1) is 0 Å². The predicted molar refractivity (Wildman–Crippen MR) is 92.6 cm³/mol. The molecule has 0 radical (unpaired) electrons. The number of pyridine rings is 1. The Balaban J connectivity index is 0.00000131. The van der Waals surface area contributed by atoms with Gasteiger partial charge < -0.3 is 22.3 Å². The Labute approximate surface area is 153 Å². The van der Waals surface area contributed by atoms with Crippen LogP contribution in [0.25, 0.3) is 17.1 Å². The molecule has 0 spiro atoms. The zero-order valence-electron chi connectivity index (χ0n) is 13.8. The lowest BCUT2D eigenvalue weighted by Gasteiger charge is -2.57. The van der Waals surface area contributed by atoms with Crippen molar-refractivity contribution in [1.29, 1.82) is 0 Å². The Hall–Kier alpha value is -1.35. The molecule has 1 aliphatic heterocycles. The molecule has 0 saturated heterocycles. The lowest BCUT2D eigenvalue weighted by Crippen LogP contribution is -3.00. The maximum absolute atomic E-state index is 3.86. The fourth-order valence-electron chi connectivity index (χ4n) is 6.53. The highest BCUT2D eigenvalue weighted by Crippen LogP contribution is 2.62. The molecule has 2 heterocycles. The van der Waals surface area contributed by atoms with Crippen LogP contribution in [0, 0.1) is 23.2 Å². The first-order valence-electron chi connectivity index (χ1n) is 9.21. The molecule has 7 rings (SSSR count). The third-order valence-corrected chi connectivity index (χ3v) is 6.99. The van der Waals surface area contributed by atoms with Gasteiger partial charge in [-0.1, -0.05) is 6.07 Å². The molecule has 1 N–H and O–H groups in total. The minimum atomic E-state index is 0. The third kappa shape index (κ3) is 1.97. The molecule has 1 aromatic carbocycles. The van der Waals surface area contributed by atoms with Crippen molar-refractivity contribution in [2.24, 2.45) is 23.2 Å². The van der Waals surface area contributed by atoms with Crippen LogP contribution in [0.1, 0.15) is 38.5 Å². The largest absolute Gasteiger partial charge is 1.00 e. The molecule has 4 fully saturated rings. The van der Waals surface area contributed by atoms with Gasteiger partial charge in [-0.3, -0.25) is 0 Å². The van der Waals surface area contributed by atoms with Crippen LogP contribution in [-0.2, 0) is 0 Å². The van der Waals surface area contributed by atoms with E-state index < -0.39 is 0 Å². The van der Waals surface area contributed by atoms with Crippen LogP contribution < -0.4 is 26.9 Å². The molecule has 2 nitrogen and oxygen atoms in total. The quantitative estimate of drug-likeness (QED) is 0.740. The molecule has 2 aromatic rings. The van der Waals surface area contributed by atoms with Gasteiger partial charge in [0.05, 0.1) is 5.70 Å². The monoisotopic (exact) mass is 382 g/mol. The second kappa shape index (κ2) is 5.08. The number of halogens is 1. The van der Waals surface area contributed by atoms with Gasteiger partial charge >= 0.3 is 0 Å². The Morgan fingerprint density at radius 1 is 0.917 bits per heavy atom. The average Bonchev–Trinajstić information content (AvgIpc) is 2.54. The number of benzene rings is 1. The van der Waals surface area contributed by atoms with Crippen LogP contribution in [0.5, 0.6) is 0 Å². The molecule has 4 bridgehead atoms. The second-order valence-corrected chi connectivity index (χ2v) is 8.52. The number of hydrogen-bond donors (Lipinski definition) is 1. The topological polar surface area (TPSA) is 15.9 Å². The maximum Gasteiger partial charge on any atom is 0.241 e. The molecule has 4 saturated carbocycles. The first kappa shape index (κ1) is 14.9. The standard InChI is InChI=1S/C21H23N2.BrH/c1-3-17-4-2-6-23-13-19(22-18(5-1)20(17)23)21-10-14-7-15(11-21)9-16(8-14)12-21;/h1-6,13-16,22H,7-12H2;1H/q+1;/p-1. The number of nitrogens with one attached hydrogen (secondary N) is 1. The van der Waals surface area contributed by atoms with Crippen LogP contribution in [0.15, 0.2) is 42.2 Å². The Morgan fingerprint density at radius 2 is 1.58 bits per heavy atom. The highest BCUT2D eigenvalue weighted by Gasteiger charge is 2.53. The smallest absolute Gasteiger partial charge is 0.241 e. The minimum Gasteiger partial charge on any atom is -1.00 e. The van der Waals surface area contributed by atoms with E-state index in [-0.39, 0.29) is 17.0 Å². The van der Waals surface area contributed by atoms with Crippen LogP contribution >= 0.6 is 0 Å². The van der Waals surface area contributed by atoms with Crippen molar-refractivity contribution in [3.8, 4) is 0 Å². The van der Waals surface area contributed by atoms with Crippen molar-refractivity contribution in [3.63, 3.8) is 0 Å². The molecule has 5 aliphatic rings.